The van der Waals surface area contributed by atoms with Crippen LogP contribution in [0, 0.1) is 0 Å². The fourth-order valence-corrected chi connectivity index (χ4v) is 3.10. The second kappa shape index (κ2) is 9.42. The van der Waals surface area contributed by atoms with E-state index < -0.39 is 6.61 Å². The molecule has 0 heterocycles. The highest BCUT2D eigenvalue weighted by Crippen LogP contribution is 2.22. The molecule has 2 rings (SSSR count). The topological polar surface area (TPSA) is 38.3 Å². The molecule has 0 fully saturated rings. The van der Waals surface area contributed by atoms with Crippen molar-refractivity contribution in [2.45, 2.75) is 37.5 Å². The van der Waals surface area contributed by atoms with Crippen molar-refractivity contribution in [3.8, 4) is 5.75 Å². The lowest BCUT2D eigenvalue weighted by molar-refractivity contribution is -0.120. The zero-order valence-corrected chi connectivity index (χ0v) is 14.9. The predicted molar refractivity (Wildman–Crippen MR) is 96.8 cm³/mol. The molecule has 0 saturated heterocycles. The molecule has 0 aliphatic rings. The standard InChI is InChI=1S/C19H21F2NO2S/c1-13(16-9-6-10-17(11-16)24-19(20)21)22-18(23)14(2)25-12-15-7-4-3-5-8-15/h3-11,13-14,19H,12H2,1-2H3,(H,22,23). The molecule has 0 aliphatic carbocycles. The Morgan fingerprint density at radius 1 is 1.12 bits per heavy atom. The van der Waals surface area contributed by atoms with E-state index in [4.69, 9.17) is 0 Å². The predicted octanol–water partition coefficient (Wildman–Crippen LogP) is 4.79. The Morgan fingerprint density at radius 2 is 1.84 bits per heavy atom. The average Bonchev–Trinajstić information content (AvgIpc) is 2.60. The summed E-state index contributed by atoms with van der Waals surface area (Å²) >= 11 is 1.55. The zero-order valence-electron chi connectivity index (χ0n) is 14.1. The van der Waals surface area contributed by atoms with E-state index in [1.54, 1.807) is 23.9 Å². The zero-order chi connectivity index (χ0) is 18.2. The van der Waals surface area contributed by atoms with Crippen LogP contribution < -0.4 is 10.1 Å². The van der Waals surface area contributed by atoms with E-state index in [9.17, 15) is 13.6 Å². The van der Waals surface area contributed by atoms with Crippen LogP contribution in [0.2, 0.25) is 0 Å². The van der Waals surface area contributed by atoms with Gasteiger partial charge in [0, 0.05) is 5.75 Å². The SMILES string of the molecule is CC(SCc1ccccc1)C(=O)NC(C)c1cccc(OC(F)F)c1. The van der Waals surface area contributed by atoms with Gasteiger partial charge < -0.3 is 10.1 Å². The molecule has 0 radical (unpaired) electrons. The Hall–Kier alpha value is -2.08. The molecule has 0 aromatic heterocycles. The van der Waals surface area contributed by atoms with Crippen molar-refractivity contribution in [2.24, 2.45) is 0 Å². The lowest BCUT2D eigenvalue weighted by Gasteiger charge is -2.18. The minimum atomic E-state index is -2.87. The van der Waals surface area contributed by atoms with Gasteiger partial charge >= 0.3 is 6.61 Å². The van der Waals surface area contributed by atoms with Crippen molar-refractivity contribution in [1.29, 1.82) is 0 Å². The average molecular weight is 365 g/mol. The molecular weight excluding hydrogens is 344 g/mol. The number of hydrogen-bond acceptors (Lipinski definition) is 3. The van der Waals surface area contributed by atoms with Gasteiger partial charge in [0.1, 0.15) is 5.75 Å². The molecule has 2 aromatic rings. The Balaban J connectivity index is 1.88. The van der Waals surface area contributed by atoms with Gasteiger partial charge in [0.2, 0.25) is 5.91 Å². The highest BCUT2D eigenvalue weighted by molar-refractivity contribution is 7.99. The van der Waals surface area contributed by atoms with Crippen molar-refractivity contribution in [3.63, 3.8) is 0 Å². The summed E-state index contributed by atoms with van der Waals surface area (Å²) in [6.07, 6.45) is 0. The summed E-state index contributed by atoms with van der Waals surface area (Å²) < 4.78 is 29.0. The van der Waals surface area contributed by atoms with Crippen molar-refractivity contribution in [1.82, 2.24) is 5.32 Å². The van der Waals surface area contributed by atoms with Crippen molar-refractivity contribution < 1.29 is 18.3 Å². The highest BCUT2D eigenvalue weighted by atomic mass is 32.2. The number of halogens is 2. The van der Waals surface area contributed by atoms with Gasteiger partial charge in [0.25, 0.3) is 0 Å². The van der Waals surface area contributed by atoms with E-state index in [0.717, 1.165) is 11.3 Å². The summed E-state index contributed by atoms with van der Waals surface area (Å²) in [4.78, 5) is 12.3. The summed E-state index contributed by atoms with van der Waals surface area (Å²) in [7, 11) is 0. The number of ether oxygens (including phenoxy) is 1. The minimum absolute atomic E-state index is 0.0834. The van der Waals surface area contributed by atoms with Gasteiger partial charge in [0.15, 0.2) is 0 Å². The summed E-state index contributed by atoms with van der Waals surface area (Å²) in [5.74, 6) is 0.746. The molecule has 3 nitrogen and oxygen atoms in total. The van der Waals surface area contributed by atoms with E-state index in [1.165, 1.54) is 12.1 Å². The summed E-state index contributed by atoms with van der Waals surface area (Å²) in [5, 5.41) is 2.69. The number of thioether (sulfide) groups is 1. The number of carbonyl (C=O) groups is 1. The first-order valence-electron chi connectivity index (χ1n) is 7.96. The molecule has 2 unspecified atom stereocenters. The van der Waals surface area contributed by atoms with Gasteiger partial charge in [-0.25, -0.2) is 0 Å². The van der Waals surface area contributed by atoms with Crippen LogP contribution in [0.3, 0.4) is 0 Å². The molecule has 0 bridgehead atoms. The number of nitrogens with one attached hydrogen (secondary N) is 1. The van der Waals surface area contributed by atoms with Crippen LogP contribution in [0.25, 0.3) is 0 Å². The van der Waals surface area contributed by atoms with Crippen LogP contribution in [-0.2, 0) is 10.5 Å². The summed E-state index contributed by atoms with van der Waals surface area (Å²) in [5.41, 5.74) is 1.88. The van der Waals surface area contributed by atoms with Gasteiger partial charge in [-0.2, -0.15) is 8.78 Å². The number of carbonyl (C=O) groups excluding carboxylic acids is 1. The second-order valence-corrected chi connectivity index (χ2v) is 6.95. The molecule has 2 atom stereocenters. The number of amides is 1. The maximum absolute atomic E-state index is 12.3. The normalized spacial score (nSPS) is 13.3. The van der Waals surface area contributed by atoms with E-state index in [2.05, 4.69) is 10.1 Å². The molecule has 25 heavy (non-hydrogen) atoms. The van der Waals surface area contributed by atoms with Crippen molar-refractivity contribution in [2.75, 3.05) is 0 Å². The Bertz CT molecular complexity index is 682. The molecule has 0 aliphatic heterocycles. The smallest absolute Gasteiger partial charge is 0.387 e. The van der Waals surface area contributed by atoms with Crippen LogP contribution >= 0.6 is 11.8 Å². The molecule has 2 aromatic carbocycles. The van der Waals surface area contributed by atoms with Crippen LogP contribution in [0.5, 0.6) is 5.75 Å². The third kappa shape index (κ3) is 6.38. The quantitative estimate of drug-likeness (QED) is 0.731. The first kappa shape index (κ1) is 19.2. The number of benzene rings is 2. The Morgan fingerprint density at radius 3 is 2.52 bits per heavy atom. The fourth-order valence-electron chi connectivity index (χ4n) is 2.25. The van der Waals surface area contributed by atoms with Gasteiger partial charge in [-0.15, -0.1) is 11.8 Å². The van der Waals surface area contributed by atoms with Crippen molar-refractivity contribution >= 4 is 17.7 Å². The molecule has 0 spiro atoms. The summed E-state index contributed by atoms with van der Waals surface area (Å²) in [6, 6.07) is 16.0. The monoisotopic (exact) mass is 365 g/mol. The fraction of sp³-hybridized carbons (Fsp3) is 0.316. The van der Waals surface area contributed by atoms with E-state index in [0.29, 0.717) is 5.56 Å². The van der Waals surface area contributed by atoms with Gasteiger partial charge in [-0.1, -0.05) is 42.5 Å². The molecule has 1 N–H and O–H groups in total. The third-order valence-corrected chi connectivity index (χ3v) is 4.87. The molecular formula is C19H21F2NO2S. The number of rotatable bonds is 8. The maximum atomic E-state index is 12.3. The third-order valence-electron chi connectivity index (χ3n) is 3.65. The van der Waals surface area contributed by atoms with E-state index in [1.807, 2.05) is 44.2 Å². The van der Waals surface area contributed by atoms with Crippen molar-refractivity contribution in [3.05, 3.63) is 65.7 Å². The van der Waals surface area contributed by atoms with Crippen LogP contribution in [-0.4, -0.2) is 17.8 Å². The van der Waals surface area contributed by atoms with E-state index >= 15 is 0 Å². The molecule has 134 valence electrons. The van der Waals surface area contributed by atoms with Crippen LogP contribution in [0.15, 0.2) is 54.6 Å². The van der Waals surface area contributed by atoms with Gasteiger partial charge in [-0.05, 0) is 37.1 Å². The number of alkyl halides is 2. The van der Waals surface area contributed by atoms with Crippen LogP contribution in [0.4, 0.5) is 8.78 Å². The van der Waals surface area contributed by atoms with Gasteiger partial charge in [0.05, 0.1) is 11.3 Å². The minimum Gasteiger partial charge on any atom is -0.435 e. The maximum Gasteiger partial charge on any atom is 0.387 e. The van der Waals surface area contributed by atoms with Gasteiger partial charge in [-0.3, -0.25) is 4.79 Å². The second-order valence-electron chi connectivity index (χ2n) is 5.62. The molecule has 0 saturated carbocycles. The van der Waals surface area contributed by atoms with E-state index in [-0.39, 0.29) is 22.9 Å². The summed E-state index contributed by atoms with van der Waals surface area (Å²) in [6.45, 7) is 0.800. The molecule has 6 heteroatoms. The largest absolute Gasteiger partial charge is 0.435 e. The highest BCUT2D eigenvalue weighted by Gasteiger charge is 2.17. The Kier molecular flexibility index (Phi) is 7.25. The lowest BCUT2D eigenvalue weighted by atomic mass is 10.1. The first-order valence-corrected chi connectivity index (χ1v) is 9.01. The first-order chi connectivity index (χ1) is 12.0. The Labute approximate surface area is 150 Å². The van der Waals surface area contributed by atoms with Crippen LogP contribution in [0.1, 0.15) is 31.0 Å². The lowest BCUT2D eigenvalue weighted by Crippen LogP contribution is -2.33. The number of hydrogen-bond donors (Lipinski definition) is 1. The molecule has 1 amide bonds.